The number of non-ortho nitro benzene ring substituents is 1. The third kappa shape index (κ3) is 3.62. The molecule has 7 nitrogen and oxygen atoms in total. The van der Waals surface area contributed by atoms with Gasteiger partial charge in [-0.05, 0) is 23.8 Å². The first kappa shape index (κ1) is 15.8. The van der Waals surface area contributed by atoms with E-state index in [2.05, 4.69) is 10.6 Å². The molecule has 2 aromatic rings. The Morgan fingerprint density at radius 3 is 2.62 bits per heavy atom. The van der Waals surface area contributed by atoms with Crippen LogP contribution < -0.4 is 15.4 Å². The second kappa shape index (κ2) is 6.99. The maximum Gasteiger partial charge on any atom is 0.269 e. The smallest absolute Gasteiger partial charge is 0.269 e. The van der Waals surface area contributed by atoms with Crippen molar-refractivity contribution in [3.05, 3.63) is 64.2 Å². The molecule has 0 radical (unpaired) electrons. The summed E-state index contributed by atoms with van der Waals surface area (Å²) in [6, 6.07) is 13.8. The van der Waals surface area contributed by atoms with E-state index in [-0.39, 0.29) is 11.6 Å². The molecule has 0 bridgehead atoms. The quantitative estimate of drug-likeness (QED) is 0.481. The van der Waals surface area contributed by atoms with E-state index in [4.69, 9.17) is 4.74 Å². The number of nitro groups is 1. The van der Waals surface area contributed by atoms with Gasteiger partial charge in [-0.15, -0.1) is 0 Å². The van der Waals surface area contributed by atoms with Crippen molar-refractivity contribution in [2.75, 3.05) is 18.4 Å². The monoisotopic (exact) mass is 327 g/mol. The Kier molecular flexibility index (Phi) is 4.60. The number of benzene rings is 2. The lowest BCUT2D eigenvalue weighted by Gasteiger charge is -2.12. The Labute approximate surface area is 138 Å². The zero-order valence-corrected chi connectivity index (χ0v) is 12.9. The van der Waals surface area contributed by atoms with Crippen LogP contribution in [0, 0.1) is 10.1 Å². The molecule has 1 atom stereocenters. The average Bonchev–Trinajstić information content (AvgIpc) is 3.03. The first-order chi connectivity index (χ1) is 11.6. The van der Waals surface area contributed by atoms with Crippen LogP contribution in [0.1, 0.15) is 5.56 Å². The number of carbonyl (C=O) groups is 1. The van der Waals surface area contributed by atoms with Crippen molar-refractivity contribution in [1.82, 2.24) is 5.32 Å². The Balaban J connectivity index is 1.41. The van der Waals surface area contributed by atoms with Crippen LogP contribution in [0.5, 0.6) is 5.75 Å². The van der Waals surface area contributed by atoms with Gasteiger partial charge in [0.1, 0.15) is 5.75 Å². The van der Waals surface area contributed by atoms with Crippen LogP contribution in [-0.2, 0) is 11.2 Å². The molecule has 1 aliphatic heterocycles. The maximum atomic E-state index is 12.1. The Bertz CT molecular complexity index is 721. The van der Waals surface area contributed by atoms with Gasteiger partial charge in [0.05, 0.1) is 4.92 Å². The molecule has 0 saturated carbocycles. The molecule has 1 heterocycles. The summed E-state index contributed by atoms with van der Waals surface area (Å²) < 4.78 is 5.62. The fourth-order valence-corrected chi connectivity index (χ4v) is 2.54. The molecule has 124 valence electrons. The number of anilines is 1. The van der Waals surface area contributed by atoms with Crippen molar-refractivity contribution in [3.8, 4) is 5.75 Å². The number of rotatable bonds is 6. The molecule has 0 fully saturated rings. The largest absolute Gasteiger partial charge is 0.480 e. The summed E-state index contributed by atoms with van der Waals surface area (Å²) in [6.07, 6.45) is 0.0967. The highest BCUT2D eigenvalue weighted by molar-refractivity contribution is 5.82. The van der Waals surface area contributed by atoms with Crippen LogP contribution in [0.4, 0.5) is 11.4 Å². The number of nitro benzene ring substituents is 1. The minimum Gasteiger partial charge on any atom is -0.480 e. The number of para-hydroxylation sites is 1. The number of carbonyl (C=O) groups excluding carboxylic acids is 1. The van der Waals surface area contributed by atoms with E-state index in [0.717, 1.165) is 17.0 Å². The van der Waals surface area contributed by atoms with Gasteiger partial charge in [-0.1, -0.05) is 18.2 Å². The van der Waals surface area contributed by atoms with Crippen molar-refractivity contribution >= 4 is 17.3 Å². The molecule has 0 saturated heterocycles. The van der Waals surface area contributed by atoms with Gasteiger partial charge in [-0.25, -0.2) is 0 Å². The van der Waals surface area contributed by atoms with E-state index < -0.39 is 11.0 Å². The predicted octanol–water partition coefficient (Wildman–Crippen LogP) is 2.13. The Morgan fingerprint density at radius 1 is 1.17 bits per heavy atom. The third-order valence-electron chi connectivity index (χ3n) is 3.77. The fraction of sp³-hybridized carbons (Fsp3) is 0.235. The molecular formula is C17H17N3O4. The van der Waals surface area contributed by atoms with Crippen molar-refractivity contribution in [2.24, 2.45) is 0 Å². The zero-order valence-electron chi connectivity index (χ0n) is 12.9. The molecule has 0 aliphatic carbocycles. The van der Waals surface area contributed by atoms with Gasteiger partial charge in [0.2, 0.25) is 0 Å². The maximum absolute atomic E-state index is 12.1. The molecule has 0 aromatic heterocycles. The summed E-state index contributed by atoms with van der Waals surface area (Å²) in [5.74, 6) is 0.623. The third-order valence-corrected chi connectivity index (χ3v) is 3.77. The SMILES string of the molecule is O=C(NCCNc1ccc([N+](=O)[O-])cc1)[C@H]1Cc2ccccc2O1. The van der Waals surface area contributed by atoms with Crippen molar-refractivity contribution in [2.45, 2.75) is 12.5 Å². The Hall–Kier alpha value is -3.09. The Morgan fingerprint density at radius 2 is 1.92 bits per heavy atom. The first-order valence-corrected chi connectivity index (χ1v) is 7.64. The minimum atomic E-state index is -0.484. The number of ether oxygens (including phenoxy) is 1. The van der Waals surface area contributed by atoms with E-state index >= 15 is 0 Å². The van der Waals surface area contributed by atoms with Gasteiger partial charge in [0, 0.05) is 37.3 Å². The van der Waals surface area contributed by atoms with E-state index in [1.54, 1.807) is 12.1 Å². The van der Waals surface area contributed by atoms with E-state index in [9.17, 15) is 14.9 Å². The lowest BCUT2D eigenvalue weighted by molar-refractivity contribution is -0.384. The highest BCUT2D eigenvalue weighted by Crippen LogP contribution is 2.28. The van der Waals surface area contributed by atoms with Gasteiger partial charge in [-0.3, -0.25) is 14.9 Å². The lowest BCUT2D eigenvalue weighted by Crippen LogP contribution is -2.39. The van der Waals surface area contributed by atoms with Crippen molar-refractivity contribution in [1.29, 1.82) is 0 Å². The zero-order chi connectivity index (χ0) is 16.9. The highest BCUT2D eigenvalue weighted by Gasteiger charge is 2.28. The van der Waals surface area contributed by atoms with E-state index in [1.807, 2.05) is 24.3 Å². The summed E-state index contributed by atoms with van der Waals surface area (Å²) in [5.41, 5.74) is 1.85. The molecule has 1 amide bonds. The summed E-state index contributed by atoms with van der Waals surface area (Å²) in [5, 5.41) is 16.5. The number of amides is 1. The molecule has 0 spiro atoms. The molecule has 2 aromatic carbocycles. The van der Waals surface area contributed by atoms with Gasteiger partial charge < -0.3 is 15.4 Å². The fourth-order valence-electron chi connectivity index (χ4n) is 2.54. The highest BCUT2D eigenvalue weighted by atomic mass is 16.6. The van der Waals surface area contributed by atoms with Crippen LogP contribution in [0.3, 0.4) is 0 Å². The summed E-state index contributed by atoms with van der Waals surface area (Å²) in [6.45, 7) is 0.954. The summed E-state index contributed by atoms with van der Waals surface area (Å²) >= 11 is 0. The molecule has 0 unspecified atom stereocenters. The first-order valence-electron chi connectivity index (χ1n) is 7.64. The number of nitrogens with one attached hydrogen (secondary N) is 2. The molecule has 24 heavy (non-hydrogen) atoms. The molecular weight excluding hydrogens is 310 g/mol. The van der Waals surface area contributed by atoms with Gasteiger partial charge in [0.15, 0.2) is 6.10 Å². The van der Waals surface area contributed by atoms with Crippen molar-refractivity contribution < 1.29 is 14.5 Å². The van der Waals surface area contributed by atoms with E-state index in [1.165, 1.54) is 12.1 Å². The van der Waals surface area contributed by atoms with Crippen LogP contribution in [0.15, 0.2) is 48.5 Å². The summed E-state index contributed by atoms with van der Waals surface area (Å²) in [7, 11) is 0. The topological polar surface area (TPSA) is 93.5 Å². The average molecular weight is 327 g/mol. The van der Waals surface area contributed by atoms with Crippen molar-refractivity contribution in [3.63, 3.8) is 0 Å². The molecule has 7 heteroatoms. The van der Waals surface area contributed by atoms with Gasteiger partial charge >= 0.3 is 0 Å². The van der Waals surface area contributed by atoms with Gasteiger partial charge in [-0.2, -0.15) is 0 Å². The van der Waals surface area contributed by atoms with Crippen LogP contribution in [-0.4, -0.2) is 30.0 Å². The number of nitrogens with zero attached hydrogens (tertiary/aromatic N) is 1. The molecule has 2 N–H and O–H groups in total. The predicted molar refractivity (Wildman–Crippen MR) is 89.2 cm³/mol. The van der Waals surface area contributed by atoms with E-state index in [0.29, 0.717) is 19.5 Å². The number of fused-ring (bicyclic) bond motifs is 1. The summed E-state index contributed by atoms with van der Waals surface area (Å²) in [4.78, 5) is 22.2. The molecule has 1 aliphatic rings. The van der Waals surface area contributed by atoms with Gasteiger partial charge in [0.25, 0.3) is 11.6 Å². The standard InChI is InChI=1S/C17H17N3O4/c21-17(16-11-12-3-1-2-4-15(12)24-16)19-10-9-18-13-5-7-14(8-6-13)20(22)23/h1-8,16,18H,9-11H2,(H,19,21)/t16-/m1/s1. The second-order valence-corrected chi connectivity index (χ2v) is 5.44. The lowest BCUT2D eigenvalue weighted by atomic mass is 10.1. The van der Waals surface area contributed by atoms with Crippen LogP contribution >= 0.6 is 0 Å². The minimum absolute atomic E-state index is 0.0480. The molecule has 3 rings (SSSR count). The van der Waals surface area contributed by atoms with Crippen LogP contribution in [0.2, 0.25) is 0 Å². The number of hydrogen-bond acceptors (Lipinski definition) is 5. The number of hydrogen-bond donors (Lipinski definition) is 2. The normalized spacial score (nSPS) is 15.2. The van der Waals surface area contributed by atoms with Crippen LogP contribution in [0.25, 0.3) is 0 Å². The second-order valence-electron chi connectivity index (χ2n) is 5.44.